The highest BCUT2D eigenvalue weighted by Gasteiger charge is 2.26. The number of hydrogen-bond donors (Lipinski definition) is 2. The summed E-state index contributed by atoms with van der Waals surface area (Å²) in [6.07, 6.45) is 2.03. The van der Waals surface area contributed by atoms with Crippen molar-refractivity contribution in [1.82, 2.24) is 5.32 Å². The average molecular weight is 522 g/mol. The number of Topliss-reactive ketones (excluding diaryl/α,β-unsaturated/α-hetero) is 1. The Bertz CT molecular complexity index is 1190. The van der Waals surface area contributed by atoms with Crippen molar-refractivity contribution in [3.05, 3.63) is 62.7 Å². The molecule has 2 aromatic carbocycles. The number of nitrogens with one attached hydrogen (secondary N) is 2. The number of fused-ring (bicyclic) bond motifs is 1. The second-order valence-electron chi connectivity index (χ2n) is 7.31. The third-order valence-corrected chi connectivity index (χ3v) is 5.85. The van der Waals surface area contributed by atoms with Gasteiger partial charge in [0.15, 0.2) is 19.0 Å². The first kappa shape index (κ1) is 26.0. The SMILES string of the molecule is CSCC[C@H](NC(=O)c1ccc([N+](=O)[O-])cc1Cl)C(=O)OCC(=O)c1ccc2c(c1)NC(=O)CO2. The van der Waals surface area contributed by atoms with Crippen molar-refractivity contribution < 1.29 is 33.6 Å². The quantitative estimate of drug-likeness (QED) is 0.208. The van der Waals surface area contributed by atoms with Gasteiger partial charge in [-0.3, -0.25) is 24.5 Å². The van der Waals surface area contributed by atoms with E-state index >= 15 is 0 Å². The van der Waals surface area contributed by atoms with Crippen molar-refractivity contribution in [1.29, 1.82) is 0 Å². The molecule has 0 bridgehead atoms. The zero-order valence-corrected chi connectivity index (χ0v) is 19.9. The van der Waals surface area contributed by atoms with Crippen LogP contribution in [-0.2, 0) is 14.3 Å². The molecule has 0 radical (unpaired) electrons. The second kappa shape index (κ2) is 11.7. The molecule has 11 nitrogen and oxygen atoms in total. The summed E-state index contributed by atoms with van der Waals surface area (Å²) in [5, 5.41) is 15.8. The van der Waals surface area contributed by atoms with Gasteiger partial charge in [-0.15, -0.1) is 0 Å². The number of carbonyl (C=O) groups excluding carboxylic acids is 4. The molecule has 1 heterocycles. The van der Waals surface area contributed by atoms with E-state index < -0.39 is 35.2 Å². The molecule has 0 fully saturated rings. The van der Waals surface area contributed by atoms with Gasteiger partial charge in [-0.1, -0.05) is 11.6 Å². The molecule has 0 spiro atoms. The number of non-ortho nitro benzene ring substituents is 1. The van der Waals surface area contributed by atoms with E-state index in [1.807, 2.05) is 6.26 Å². The molecule has 0 saturated heterocycles. The van der Waals surface area contributed by atoms with Crippen LogP contribution in [0.5, 0.6) is 5.75 Å². The molecule has 3 rings (SSSR count). The van der Waals surface area contributed by atoms with Gasteiger partial charge in [-0.25, -0.2) is 4.79 Å². The van der Waals surface area contributed by atoms with Gasteiger partial charge in [0.25, 0.3) is 17.5 Å². The van der Waals surface area contributed by atoms with Crippen molar-refractivity contribution in [3.63, 3.8) is 0 Å². The Kier molecular flexibility index (Phi) is 8.66. The molecule has 0 saturated carbocycles. The fourth-order valence-corrected chi connectivity index (χ4v) is 3.83. The van der Waals surface area contributed by atoms with Crippen molar-refractivity contribution in [2.45, 2.75) is 12.5 Å². The Morgan fingerprint density at radius 1 is 1.29 bits per heavy atom. The summed E-state index contributed by atoms with van der Waals surface area (Å²) in [7, 11) is 0. The normalized spacial score (nSPS) is 13.0. The van der Waals surface area contributed by atoms with Crippen LogP contribution in [0, 0.1) is 10.1 Å². The van der Waals surface area contributed by atoms with Crippen LogP contribution in [-0.4, -0.2) is 59.8 Å². The Morgan fingerprint density at radius 3 is 2.74 bits per heavy atom. The molecule has 2 N–H and O–H groups in total. The van der Waals surface area contributed by atoms with Crippen LogP contribution in [0.3, 0.4) is 0 Å². The van der Waals surface area contributed by atoms with Gasteiger partial charge in [0.1, 0.15) is 11.8 Å². The predicted octanol–water partition coefficient (Wildman–Crippen LogP) is 2.86. The van der Waals surface area contributed by atoms with E-state index in [1.54, 1.807) is 0 Å². The molecular weight excluding hydrogens is 502 g/mol. The number of rotatable bonds is 10. The van der Waals surface area contributed by atoms with Crippen LogP contribution in [0.25, 0.3) is 0 Å². The Labute approximate surface area is 208 Å². The molecule has 0 aliphatic carbocycles. The van der Waals surface area contributed by atoms with Gasteiger partial charge in [-0.2, -0.15) is 11.8 Å². The fraction of sp³-hybridized carbons (Fsp3) is 0.273. The number of benzene rings is 2. The lowest BCUT2D eigenvalue weighted by atomic mass is 10.1. The summed E-state index contributed by atoms with van der Waals surface area (Å²) in [6.45, 7) is -0.706. The van der Waals surface area contributed by atoms with Gasteiger partial charge < -0.3 is 20.1 Å². The number of thioether (sulfide) groups is 1. The van der Waals surface area contributed by atoms with E-state index in [0.717, 1.165) is 12.1 Å². The maximum Gasteiger partial charge on any atom is 0.329 e. The summed E-state index contributed by atoms with van der Waals surface area (Å²) in [4.78, 5) is 59.5. The second-order valence-corrected chi connectivity index (χ2v) is 8.70. The summed E-state index contributed by atoms with van der Waals surface area (Å²) in [5.74, 6) is -1.49. The first-order chi connectivity index (χ1) is 16.7. The molecular formula is C22H20ClN3O8S. The van der Waals surface area contributed by atoms with E-state index in [0.29, 0.717) is 17.2 Å². The maximum atomic E-state index is 12.7. The number of nitrogens with zero attached hydrogens (tertiary/aromatic N) is 1. The van der Waals surface area contributed by atoms with Crippen LogP contribution in [0.15, 0.2) is 36.4 Å². The summed E-state index contributed by atoms with van der Waals surface area (Å²) >= 11 is 7.44. The lowest BCUT2D eigenvalue weighted by Crippen LogP contribution is -2.42. The number of anilines is 1. The van der Waals surface area contributed by atoms with Crippen molar-refractivity contribution in [3.8, 4) is 5.75 Å². The Balaban J connectivity index is 1.65. The van der Waals surface area contributed by atoms with Crippen LogP contribution in [0.1, 0.15) is 27.1 Å². The molecule has 0 unspecified atom stereocenters. The van der Waals surface area contributed by atoms with E-state index in [4.69, 9.17) is 21.1 Å². The summed E-state index contributed by atoms with van der Waals surface area (Å²) in [5.41, 5.74) is 0.207. The number of carbonyl (C=O) groups is 4. The standard InChI is InChI=1S/C22H20ClN3O8S/c1-35-7-6-16(25-21(29)14-4-3-13(26(31)32)9-15(14)23)22(30)34-10-18(27)12-2-5-19-17(8-12)24-20(28)11-33-19/h2-5,8-9,16H,6-7,10-11H2,1H3,(H,24,28)(H,25,29)/t16-/m0/s1. The van der Waals surface area contributed by atoms with Crippen LogP contribution in [0.2, 0.25) is 5.02 Å². The largest absolute Gasteiger partial charge is 0.482 e. The first-order valence-corrected chi connectivity index (χ1v) is 12.0. The monoisotopic (exact) mass is 521 g/mol. The van der Waals surface area contributed by atoms with Crippen LogP contribution >= 0.6 is 23.4 Å². The smallest absolute Gasteiger partial charge is 0.329 e. The lowest BCUT2D eigenvalue weighted by molar-refractivity contribution is -0.384. The minimum Gasteiger partial charge on any atom is -0.482 e. The van der Waals surface area contributed by atoms with Crippen molar-refractivity contribution >= 4 is 58.3 Å². The number of halogens is 1. The zero-order valence-electron chi connectivity index (χ0n) is 18.4. The van der Waals surface area contributed by atoms with E-state index in [1.165, 1.54) is 36.0 Å². The Hall–Kier alpha value is -3.64. The summed E-state index contributed by atoms with van der Waals surface area (Å²) < 4.78 is 10.4. The first-order valence-electron chi connectivity index (χ1n) is 10.2. The fourth-order valence-electron chi connectivity index (χ4n) is 3.10. The number of ketones is 1. The highest BCUT2D eigenvalue weighted by atomic mass is 35.5. The van der Waals surface area contributed by atoms with Crippen LogP contribution < -0.4 is 15.4 Å². The van der Waals surface area contributed by atoms with Gasteiger partial charge in [-0.05, 0) is 42.7 Å². The number of esters is 1. The molecule has 1 atom stereocenters. The molecule has 35 heavy (non-hydrogen) atoms. The van der Waals surface area contributed by atoms with Gasteiger partial charge in [0, 0.05) is 17.7 Å². The molecule has 2 aromatic rings. The highest BCUT2D eigenvalue weighted by molar-refractivity contribution is 7.98. The zero-order chi connectivity index (χ0) is 25.5. The number of nitro groups is 1. The van der Waals surface area contributed by atoms with Crippen molar-refractivity contribution in [2.75, 3.05) is 30.5 Å². The number of ether oxygens (including phenoxy) is 2. The molecule has 2 amide bonds. The summed E-state index contributed by atoms with van der Waals surface area (Å²) in [6, 6.07) is 6.71. The van der Waals surface area contributed by atoms with Crippen molar-refractivity contribution in [2.24, 2.45) is 0 Å². The van der Waals surface area contributed by atoms with Gasteiger partial charge in [0.2, 0.25) is 0 Å². The average Bonchev–Trinajstić information content (AvgIpc) is 2.83. The third kappa shape index (κ3) is 6.70. The highest BCUT2D eigenvalue weighted by Crippen LogP contribution is 2.28. The topological polar surface area (TPSA) is 154 Å². The minimum atomic E-state index is -1.08. The number of nitro benzene ring substituents is 1. The lowest BCUT2D eigenvalue weighted by Gasteiger charge is -2.19. The van der Waals surface area contributed by atoms with E-state index in [2.05, 4.69) is 10.6 Å². The van der Waals surface area contributed by atoms with E-state index in [-0.39, 0.29) is 40.8 Å². The predicted molar refractivity (Wildman–Crippen MR) is 128 cm³/mol. The molecule has 1 aliphatic rings. The van der Waals surface area contributed by atoms with Gasteiger partial charge in [0.05, 0.1) is 21.2 Å². The molecule has 13 heteroatoms. The van der Waals surface area contributed by atoms with E-state index in [9.17, 15) is 29.3 Å². The number of hydrogen-bond acceptors (Lipinski definition) is 9. The number of amides is 2. The molecule has 0 aromatic heterocycles. The van der Waals surface area contributed by atoms with Gasteiger partial charge >= 0.3 is 5.97 Å². The van der Waals surface area contributed by atoms with Crippen LogP contribution in [0.4, 0.5) is 11.4 Å². The molecule has 1 aliphatic heterocycles. The maximum absolute atomic E-state index is 12.7. The molecule has 184 valence electrons. The Morgan fingerprint density at radius 2 is 2.06 bits per heavy atom. The minimum absolute atomic E-state index is 0.0476. The third-order valence-electron chi connectivity index (χ3n) is 4.89.